The summed E-state index contributed by atoms with van der Waals surface area (Å²) in [5.41, 5.74) is 0.617. The molecule has 1 aliphatic carbocycles. The number of likely N-dealkylation sites (N-methyl/N-ethyl adjacent to an activating group) is 1. The maximum Gasteiger partial charge on any atom is 0.270 e. The van der Waals surface area contributed by atoms with Crippen LogP contribution in [0, 0.1) is 16.0 Å². The molecule has 1 saturated carbocycles. The van der Waals surface area contributed by atoms with Gasteiger partial charge in [-0.1, -0.05) is 12.1 Å². The molecule has 0 spiro atoms. The van der Waals surface area contributed by atoms with Crippen molar-refractivity contribution >= 4 is 17.7 Å². The number of carbonyl (C=O) groups is 1. The number of hydrogen-bond donors (Lipinski definition) is 1. The molecule has 6 heteroatoms. The van der Waals surface area contributed by atoms with E-state index in [2.05, 4.69) is 0 Å². The summed E-state index contributed by atoms with van der Waals surface area (Å²) in [6.07, 6.45) is 4.24. The zero-order valence-electron chi connectivity index (χ0n) is 11.8. The Morgan fingerprint density at radius 2 is 2.24 bits per heavy atom. The number of aliphatic hydroxyl groups is 1. The number of carbonyl (C=O) groups excluding carboxylic acids is 1. The van der Waals surface area contributed by atoms with Gasteiger partial charge in [-0.15, -0.1) is 0 Å². The van der Waals surface area contributed by atoms with E-state index in [4.69, 9.17) is 0 Å². The number of aliphatic hydroxyl groups excluding tert-OH is 1. The summed E-state index contributed by atoms with van der Waals surface area (Å²) in [6.45, 7) is 0.620. The Labute approximate surface area is 122 Å². The van der Waals surface area contributed by atoms with E-state index >= 15 is 0 Å². The molecular weight excluding hydrogens is 272 g/mol. The second kappa shape index (κ2) is 6.49. The first-order valence-electron chi connectivity index (χ1n) is 6.81. The van der Waals surface area contributed by atoms with E-state index in [9.17, 15) is 20.0 Å². The van der Waals surface area contributed by atoms with Crippen LogP contribution >= 0.6 is 0 Å². The molecule has 0 heterocycles. The van der Waals surface area contributed by atoms with Crippen LogP contribution < -0.4 is 0 Å². The summed E-state index contributed by atoms with van der Waals surface area (Å²) in [4.78, 5) is 23.7. The second-order valence-corrected chi connectivity index (χ2v) is 5.40. The second-order valence-electron chi connectivity index (χ2n) is 5.40. The topological polar surface area (TPSA) is 83.7 Å². The van der Waals surface area contributed by atoms with E-state index in [0.717, 1.165) is 12.8 Å². The zero-order valence-corrected chi connectivity index (χ0v) is 11.8. The molecule has 0 bridgehead atoms. The summed E-state index contributed by atoms with van der Waals surface area (Å²) < 4.78 is 0. The van der Waals surface area contributed by atoms with Crippen LogP contribution in [0.3, 0.4) is 0 Å². The van der Waals surface area contributed by atoms with Crippen molar-refractivity contribution in [3.63, 3.8) is 0 Å². The van der Waals surface area contributed by atoms with E-state index in [1.165, 1.54) is 18.2 Å². The van der Waals surface area contributed by atoms with E-state index in [-0.39, 0.29) is 17.7 Å². The Bertz CT molecular complexity index is 565. The van der Waals surface area contributed by atoms with Gasteiger partial charge in [0.15, 0.2) is 0 Å². The molecule has 0 atom stereocenters. The minimum Gasteiger partial charge on any atom is -0.393 e. The van der Waals surface area contributed by atoms with Crippen molar-refractivity contribution in [2.45, 2.75) is 18.9 Å². The number of amides is 1. The van der Waals surface area contributed by atoms with Gasteiger partial charge in [0.2, 0.25) is 5.91 Å². The molecule has 1 aromatic carbocycles. The molecule has 21 heavy (non-hydrogen) atoms. The lowest BCUT2D eigenvalue weighted by atomic mass is 9.82. The molecule has 2 rings (SSSR count). The molecule has 1 aromatic rings. The first-order valence-corrected chi connectivity index (χ1v) is 6.81. The molecule has 0 aromatic heterocycles. The Kier molecular flexibility index (Phi) is 4.70. The lowest BCUT2D eigenvalue weighted by Crippen LogP contribution is -2.38. The van der Waals surface area contributed by atoms with Gasteiger partial charge in [-0.25, -0.2) is 0 Å². The fourth-order valence-electron chi connectivity index (χ4n) is 2.36. The van der Waals surface area contributed by atoms with Crippen molar-refractivity contribution in [2.75, 3.05) is 13.6 Å². The van der Waals surface area contributed by atoms with E-state index in [0.29, 0.717) is 18.0 Å². The van der Waals surface area contributed by atoms with Gasteiger partial charge < -0.3 is 10.0 Å². The highest BCUT2D eigenvalue weighted by atomic mass is 16.6. The van der Waals surface area contributed by atoms with Crippen LogP contribution in [0.15, 0.2) is 30.3 Å². The van der Waals surface area contributed by atoms with Gasteiger partial charge >= 0.3 is 0 Å². The van der Waals surface area contributed by atoms with Gasteiger partial charge in [0.05, 0.1) is 11.0 Å². The normalized spacial score (nSPS) is 21.0. The minimum absolute atomic E-state index is 0.00130. The van der Waals surface area contributed by atoms with Crippen molar-refractivity contribution in [1.82, 2.24) is 4.90 Å². The SMILES string of the molecule is CN(CC1CC(O)C1)C(=O)C=Cc1cccc([N+](=O)[O-])c1. The highest BCUT2D eigenvalue weighted by Crippen LogP contribution is 2.27. The molecule has 0 aliphatic heterocycles. The number of hydrogen-bond acceptors (Lipinski definition) is 4. The number of nitro benzene ring substituents is 1. The monoisotopic (exact) mass is 290 g/mol. The van der Waals surface area contributed by atoms with Gasteiger partial charge in [-0.05, 0) is 30.4 Å². The van der Waals surface area contributed by atoms with E-state index < -0.39 is 4.92 Å². The fraction of sp³-hybridized carbons (Fsp3) is 0.400. The summed E-state index contributed by atoms with van der Waals surface area (Å²) >= 11 is 0. The lowest BCUT2D eigenvalue weighted by Gasteiger charge is -2.34. The molecule has 6 nitrogen and oxygen atoms in total. The Morgan fingerprint density at radius 3 is 2.86 bits per heavy atom. The number of benzene rings is 1. The Hall–Kier alpha value is -2.21. The molecule has 0 radical (unpaired) electrons. The largest absolute Gasteiger partial charge is 0.393 e. The van der Waals surface area contributed by atoms with Crippen LogP contribution in [0.25, 0.3) is 6.08 Å². The Balaban J connectivity index is 1.92. The lowest BCUT2D eigenvalue weighted by molar-refractivity contribution is -0.384. The fourth-order valence-corrected chi connectivity index (χ4v) is 2.36. The highest BCUT2D eigenvalue weighted by molar-refractivity contribution is 5.91. The van der Waals surface area contributed by atoms with Crippen LogP contribution in [0.5, 0.6) is 0 Å². The molecule has 0 unspecified atom stereocenters. The average Bonchev–Trinajstić information content (AvgIpc) is 2.43. The predicted molar refractivity (Wildman–Crippen MR) is 78.5 cm³/mol. The summed E-state index contributed by atoms with van der Waals surface area (Å²) in [5, 5.41) is 19.9. The third kappa shape index (κ3) is 4.13. The standard InChI is InChI=1S/C15H18N2O4/c1-16(10-12-8-14(18)9-12)15(19)6-5-11-3-2-4-13(7-11)17(20)21/h2-7,12,14,18H,8-10H2,1H3. The number of nitro groups is 1. The maximum atomic E-state index is 11.9. The molecule has 1 N–H and O–H groups in total. The molecular formula is C15H18N2O4. The van der Waals surface area contributed by atoms with Gasteiger partial charge in [0, 0.05) is 31.8 Å². The first-order chi connectivity index (χ1) is 9.95. The van der Waals surface area contributed by atoms with Crippen LogP contribution in [0.1, 0.15) is 18.4 Å². The van der Waals surface area contributed by atoms with E-state index in [1.54, 1.807) is 30.2 Å². The van der Waals surface area contributed by atoms with Crippen LogP contribution in [0.2, 0.25) is 0 Å². The number of non-ortho nitro benzene ring substituents is 1. The van der Waals surface area contributed by atoms with Crippen LogP contribution in [-0.2, 0) is 4.79 Å². The van der Waals surface area contributed by atoms with Crippen molar-refractivity contribution in [3.05, 3.63) is 46.0 Å². The molecule has 112 valence electrons. The molecule has 1 fully saturated rings. The van der Waals surface area contributed by atoms with Gasteiger partial charge in [0.1, 0.15) is 0 Å². The minimum atomic E-state index is -0.465. The van der Waals surface area contributed by atoms with Gasteiger partial charge in [0.25, 0.3) is 5.69 Å². The van der Waals surface area contributed by atoms with E-state index in [1.807, 2.05) is 0 Å². The number of nitrogens with zero attached hydrogens (tertiary/aromatic N) is 2. The van der Waals surface area contributed by atoms with Crippen molar-refractivity contribution in [1.29, 1.82) is 0 Å². The summed E-state index contributed by atoms with van der Waals surface area (Å²) in [7, 11) is 1.71. The van der Waals surface area contributed by atoms with Crippen LogP contribution in [-0.4, -0.2) is 40.5 Å². The van der Waals surface area contributed by atoms with Crippen molar-refractivity contribution < 1.29 is 14.8 Å². The first kappa shape index (κ1) is 15.2. The molecule has 0 saturated heterocycles. The van der Waals surface area contributed by atoms with Crippen molar-refractivity contribution in [3.8, 4) is 0 Å². The molecule has 1 amide bonds. The highest BCUT2D eigenvalue weighted by Gasteiger charge is 2.28. The quantitative estimate of drug-likeness (QED) is 0.509. The smallest absolute Gasteiger partial charge is 0.270 e. The van der Waals surface area contributed by atoms with Crippen molar-refractivity contribution in [2.24, 2.45) is 5.92 Å². The average molecular weight is 290 g/mol. The molecule has 1 aliphatic rings. The number of rotatable bonds is 5. The summed E-state index contributed by atoms with van der Waals surface area (Å²) in [5.74, 6) is 0.211. The third-order valence-electron chi connectivity index (χ3n) is 3.62. The third-order valence-corrected chi connectivity index (χ3v) is 3.62. The predicted octanol–water partition coefficient (Wildman–Crippen LogP) is 1.84. The maximum absolute atomic E-state index is 11.9. The summed E-state index contributed by atoms with van der Waals surface area (Å²) in [6, 6.07) is 6.13. The zero-order chi connectivity index (χ0) is 15.4. The van der Waals surface area contributed by atoms with Crippen LogP contribution in [0.4, 0.5) is 5.69 Å². The Morgan fingerprint density at radius 1 is 1.52 bits per heavy atom. The van der Waals surface area contributed by atoms with Gasteiger partial charge in [-0.3, -0.25) is 14.9 Å². The van der Waals surface area contributed by atoms with Gasteiger partial charge in [-0.2, -0.15) is 0 Å².